The molecule has 0 radical (unpaired) electrons. The third-order valence-corrected chi connectivity index (χ3v) is 7.13. The lowest BCUT2D eigenvalue weighted by Crippen LogP contribution is -2.35. The Morgan fingerprint density at radius 2 is 1.73 bits per heavy atom. The highest BCUT2D eigenvalue weighted by Gasteiger charge is 2.21. The van der Waals surface area contributed by atoms with Crippen molar-refractivity contribution in [2.24, 2.45) is 5.73 Å². The third kappa shape index (κ3) is 7.46. The van der Waals surface area contributed by atoms with Crippen LogP contribution in [-0.2, 0) is 19.6 Å². The van der Waals surface area contributed by atoms with Crippen molar-refractivity contribution < 1.29 is 27.5 Å². The van der Waals surface area contributed by atoms with Crippen molar-refractivity contribution in [2.75, 3.05) is 18.5 Å². The van der Waals surface area contributed by atoms with E-state index >= 15 is 0 Å². The van der Waals surface area contributed by atoms with Gasteiger partial charge in [-0.1, -0.05) is 29.8 Å². The second-order valence-corrected chi connectivity index (χ2v) is 10.9. The van der Waals surface area contributed by atoms with Crippen LogP contribution < -0.4 is 20.5 Å². The van der Waals surface area contributed by atoms with Crippen LogP contribution in [0.25, 0.3) is 5.57 Å². The maximum atomic E-state index is 13.2. The third-order valence-electron chi connectivity index (χ3n) is 5.30. The maximum Gasteiger partial charge on any atom is 0.264 e. The number of anilines is 1. The summed E-state index contributed by atoms with van der Waals surface area (Å²) in [6.07, 6.45) is 0. The Hall–Kier alpha value is -4.21. The highest BCUT2D eigenvalue weighted by molar-refractivity contribution is 7.90. The van der Waals surface area contributed by atoms with Gasteiger partial charge in [0.15, 0.2) is 12.4 Å². The van der Waals surface area contributed by atoms with Crippen molar-refractivity contribution in [3.63, 3.8) is 0 Å². The Balaban J connectivity index is 1.82. The zero-order valence-electron chi connectivity index (χ0n) is 21.0. The number of rotatable bonds is 10. The average Bonchev–Trinajstić information content (AvgIpc) is 2.91. The molecule has 0 fully saturated rings. The highest BCUT2D eigenvalue weighted by Crippen LogP contribution is 2.28. The highest BCUT2D eigenvalue weighted by atomic mass is 35.5. The van der Waals surface area contributed by atoms with Gasteiger partial charge in [0, 0.05) is 26.9 Å². The molecule has 0 unspecified atom stereocenters. The second-order valence-electron chi connectivity index (χ2n) is 8.37. The number of nitrogens with one attached hydrogen (secondary N) is 2. The molecule has 0 bridgehead atoms. The number of ether oxygens (including phenoxy) is 1. The van der Waals surface area contributed by atoms with Crippen molar-refractivity contribution in [1.29, 1.82) is 5.26 Å². The van der Waals surface area contributed by atoms with Crippen LogP contribution in [0.1, 0.15) is 34.0 Å². The lowest BCUT2D eigenvalue weighted by molar-refractivity contribution is -0.118. The molecule has 0 aromatic heterocycles. The average molecular weight is 601 g/mol. The van der Waals surface area contributed by atoms with Crippen LogP contribution in [0.2, 0.25) is 10.0 Å². The van der Waals surface area contributed by atoms with Crippen molar-refractivity contribution in [3.05, 3.63) is 93.5 Å². The van der Waals surface area contributed by atoms with Gasteiger partial charge in [-0.15, -0.1) is 0 Å². The first-order valence-corrected chi connectivity index (χ1v) is 13.6. The number of ketones is 1. The second kappa shape index (κ2) is 12.8. The molecule has 40 heavy (non-hydrogen) atoms. The zero-order chi connectivity index (χ0) is 29.6. The lowest BCUT2D eigenvalue weighted by atomic mass is 10.0. The summed E-state index contributed by atoms with van der Waals surface area (Å²) in [6.45, 7) is 4.38. The standard InChI is InChI=1S/C27H22Cl2N4O6S/c1-15(2)21-11-20(40(37,38)33-25(34)13-31)4-5-23(21)32-26(35)14-39-24-6-3-18(28)10-22(24)27(36)17-7-16(12-30)8-19(29)9-17/h3-11H,1,13-14,31H2,2H3,(H,32,35)(H,33,34). The summed E-state index contributed by atoms with van der Waals surface area (Å²) in [5.41, 5.74) is 6.50. The molecule has 3 rings (SSSR count). The number of hydrogen-bond acceptors (Lipinski definition) is 8. The smallest absolute Gasteiger partial charge is 0.264 e. The summed E-state index contributed by atoms with van der Waals surface area (Å²) >= 11 is 12.1. The number of allylic oxidation sites excluding steroid dienone is 1. The van der Waals surface area contributed by atoms with Crippen LogP contribution >= 0.6 is 23.2 Å². The fourth-order valence-electron chi connectivity index (χ4n) is 3.48. The Labute approximate surface area is 240 Å². The van der Waals surface area contributed by atoms with Crippen molar-refractivity contribution in [2.45, 2.75) is 11.8 Å². The summed E-state index contributed by atoms with van der Waals surface area (Å²) in [5.74, 6) is -1.98. The number of carbonyl (C=O) groups excluding carboxylic acids is 3. The number of hydrogen-bond donors (Lipinski definition) is 3. The molecule has 3 aromatic carbocycles. The van der Waals surface area contributed by atoms with Gasteiger partial charge in [0.2, 0.25) is 5.91 Å². The molecular weight excluding hydrogens is 579 g/mol. The molecule has 0 heterocycles. The van der Waals surface area contributed by atoms with Crippen molar-refractivity contribution >= 4 is 62.1 Å². The minimum atomic E-state index is -4.19. The molecule has 0 aliphatic rings. The lowest BCUT2D eigenvalue weighted by Gasteiger charge is -2.15. The van der Waals surface area contributed by atoms with E-state index in [0.29, 0.717) is 11.1 Å². The van der Waals surface area contributed by atoms with E-state index in [4.69, 9.17) is 33.7 Å². The van der Waals surface area contributed by atoms with E-state index in [1.807, 2.05) is 10.8 Å². The number of sulfonamides is 1. The van der Waals surface area contributed by atoms with Crippen LogP contribution in [0, 0.1) is 11.3 Å². The number of carbonyl (C=O) groups is 3. The number of amides is 2. The summed E-state index contributed by atoms with van der Waals surface area (Å²) in [6, 6.07) is 14.2. The van der Waals surface area contributed by atoms with Gasteiger partial charge in [-0.2, -0.15) is 5.26 Å². The molecular formula is C27H22Cl2N4O6S. The number of nitrogens with zero attached hydrogens (tertiary/aromatic N) is 1. The Morgan fingerprint density at radius 3 is 2.38 bits per heavy atom. The summed E-state index contributed by atoms with van der Waals surface area (Å²) < 4.78 is 32.4. The van der Waals surface area contributed by atoms with Gasteiger partial charge in [-0.25, -0.2) is 13.1 Å². The molecule has 13 heteroatoms. The molecule has 0 atom stereocenters. The molecule has 206 valence electrons. The monoisotopic (exact) mass is 600 g/mol. The molecule has 10 nitrogen and oxygen atoms in total. The van der Waals surface area contributed by atoms with Gasteiger partial charge in [-0.3, -0.25) is 14.4 Å². The van der Waals surface area contributed by atoms with E-state index in [-0.39, 0.29) is 43.1 Å². The molecule has 4 N–H and O–H groups in total. The van der Waals surface area contributed by atoms with Crippen molar-refractivity contribution in [3.8, 4) is 11.8 Å². The normalized spacial score (nSPS) is 10.8. The fraction of sp³-hybridized carbons (Fsp3) is 0.111. The van der Waals surface area contributed by atoms with Crippen LogP contribution in [0.15, 0.2) is 66.1 Å². The fourth-order valence-corrected chi connectivity index (χ4v) is 4.91. The molecule has 0 saturated heterocycles. The van der Waals surface area contributed by atoms with Crippen LogP contribution in [0.5, 0.6) is 5.75 Å². The quantitative estimate of drug-likeness (QED) is 0.294. The van der Waals surface area contributed by atoms with E-state index < -0.39 is 40.8 Å². The topological polar surface area (TPSA) is 168 Å². The largest absolute Gasteiger partial charge is 0.483 e. The summed E-state index contributed by atoms with van der Waals surface area (Å²) in [7, 11) is -4.19. The van der Waals surface area contributed by atoms with Crippen molar-refractivity contribution in [1.82, 2.24) is 4.72 Å². The van der Waals surface area contributed by atoms with Gasteiger partial charge >= 0.3 is 0 Å². The van der Waals surface area contributed by atoms with Gasteiger partial charge in [0.05, 0.1) is 28.6 Å². The van der Waals surface area contributed by atoms with E-state index in [0.717, 1.165) is 0 Å². The predicted molar refractivity (Wildman–Crippen MR) is 151 cm³/mol. The van der Waals surface area contributed by atoms with Crippen LogP contribution in [-0.4, -0.2) is 39.2 Å². The van der Waals surface area contributed by atoms with E-state index in [1.54, 1.807) is 6.92 Å². The zero-order valence-corrected chi connectivity index (χ0v) is 23.3. The number of halogens is 2. The minimum Gasteiger partial charge on any atom is -0.483 e. The molecule has 0 saturated carbocycles. The Bertz CT molecular complexity index is 1680. The number of nitrogens with two attached hydrogens (primary N) is 1. The van der Waals surface area contributed by atoms with E-state index in [2.05, 4.69) is 11.9 Å². The first-order valence-electron chi connectivity index (χ1n) is 11.4. The first kappa shape index (κ1) is 30.3. The molecule has 0 aliphatic carbocycles. The minimum absolute atomic E-state index is 0.0446. The van der Waals surface area contributed by atoms with Gasteiger partial charge in [0.25, 0.3) is 15.9 Å². The molecule has 3 aromatic rings. The van der Waals surface area contributed by atoms with Crippen LogP contribution in [0.3, 0.4) is 0 Å². The summed E-state index contributed by atoms with van der Waals surface area (Å²) in [4.78, 5) is 37.2. The predicted octanol–water partition coefficient (Wildman–Crippen LogP) is 3.91. The first-order chi connectivity index (χ1) is 18.8. The number of nitriles is 1. The number of benzene rings is 3. The van der Waals surface area contributed by atoms with Crippen LogP contribution in [0.4, 0.5) is 5.69 Å². The Kier molecular flexibility index (Phi) is 9.68. The van der Waals surface area contributed by atoms with Gasteiger partial charge in [-0.05, 0) is 67.1 Å². The van der Waals surface area contributed by atoms with E-state index in [1.165, 1.54) is 54.6 Å². The molecule has 0 spiro atoms. The summed E-state index contributed by atoms with van der Waals surface area (Å²) in [5, 5.41) is 12.2. The van der Waals surface area contributed by atoms with Gasteiger partial charge in [0.1, 0.15) is 5.75 Å². The maximum absolute atomic E-state index is 13.2. The SMILES string of the molecule is C=C(C)c1cc(S(=O)(=O)NC(=O)CN)ccc1NC(=O)COc1ccc(Cl)cc1C(=O)c1cc(Cl)cc(C#N)c1. The molecule has 0 aliphatic heterocycles. The molecule has 2 amide bonds. The van der Waals surface area contributed by atoms with E-state index in [9.17, 15) is 28.1 Å². The Morgan fingerprint density at radius 1 is 1.00 bits per heavy atom. The van der Waals surface area contributed by atoms with Gasteiger partial charge < -0.3 is 15.8 Å².